The van der Waals surface area contributed by atoms with Crippen LogP contribution < -0.4 is 10.1 Å². The number of nitrogens with zero attached hydrogens (tertiary/aromatic N) is 1. The molecule has 0 radical (unpaired) electrons. The summed E-state index contributed by atoms with van der Waals surface area (Å²) in [6, 6.07) is 3.16. The van der Waals surface area contributed by atoms with E-state index >= 15 is 0 Å². The van der Waals surface area contributed by atoms with Gasteiger partial charge in [-0.25, -0.2) is 0 Å². The van der Waals surface area contributed by atoms with E-state index in [-0.39, 0.29) is 17.3 Å². The first-order valence-corrected chi connectivity index (χ1v) is 5.30. The van der Waals surface area contributed by atoms with Crippen LogP contribution in [0.1, 0.15) is 18.9 Å². The molecule has 1 N–H and O–H groups in total. The van der Waals surface area contributed by atoms with Crippen LogP contribution in [0, 0.1) is 10.1 Å². The summed E-state index contributed by atoms with van der Waals surface area (Å²) in [4.78, 5) is 21.6. The Kier molecular flexibility index (Phi) is 2.95. The van der Waals surface area contributed by atoms with Crippen molar-refractivity contribution in [2.75, 3.05) is 11.9 Å². The van der Waals surface area contributed by atoms with Crippen LogP contribution in [0.4, 0.5) is 11.4 Å². The van der Waals surface area contributed by atoms with Crippen molar-refractivity contribution < 1.29 is 14.5 Å². The van der Waals surface area contributed by atoms with Gasteiger partial charge in [0.25, 0.3) is 5.69 Å². The van der Waals surface area contributed by atoms with E-state index < -0.39 is 4.92 Å². The Morgan fingerprint density at radius 3 is 2.94 bits per heavy atom. The predicted octanol–water partition coefficient (Wildman–Crippen LogP) is 1.88. The van der Waals surface area contributed by atoms with Crippen molar-refractivity contribution in [2.45, 2.75) is 19.8 Å². The van der Waals surface area contributed by atoms with E-state index in [1.807, 2.05) is 0 Å². The molecule has 0 aromatic heterocycles. The van der Waals surface area contributed by atoms with Gasteiger partial charge in [0, 0.05) is 6.92 Å². The molecule has 6 nitrogen and oxygen atoms in total. The highest BCUT2D eigenvalue weighted by Crippen LogP contribution is 2.38. The van der Waals surface area contributed by atoms with Gasteiger partial charge in [0.1, 0.15) is 11.4 Å². The van der Waals surface area contributed by atoms with Crippen LogP contribution in [0.3, 0.4) is 0 Å². The SMILES string of the molecule is CC(=O)Nc1ccc2c(c1[N+](=O)[O-])CCCO2. The molecule has 0 spiro atoms. The third-order valence-electron chi connectivity index (χ3n) is 2.56. The average Bonchev–Trinajstić information content (AvgIpc) is 2.27. The Morgan fingerprint density at radius 1 is 1.53 bits per heavy atom. The number of fused-ring (bicyclic) bond motifs is 1. The number of hydrogen-bond acceptors (Lipinski definition) is 4. The number of amides is 1. The molecule has 17 heavy (non-hydrogen) atoms. The van der Waals surface area contributed by atoms with E-state index in [0.717, 1.165) is 6.42 Å². The zero-order valence-electron chi connectivity index (χ0n) is 9.36. The van der Waals surface area contributed by atoms with Crippen molar-refractivity contribution in [1.82, 2.24) is 0 Å². The zero-order chi connectivity index (χ0) is 12.4. The number of hydrogen-bond donors (Lipinski definition) is 1. The topological polar surface area (TPSA) is 81.5 Å². The monoisotopic (exact) mass is 236 g/mol. The van der Waals surface area contributed by atoms with Gasteiger partial charge < -0.3 is 10.1 Å². The molecule has 1 aromatic rings. The lowest BCUT2D eigenvalue weighted by Crippen LogP contribution is -2.14. The molecule has 0 atom stereocenters. The highest BCUT2D eigenvalue weighted by atomic mass is 16.6. The molecule has 6 heteroatoms. The number of anilines is 1. The summed E-state index contributed by atoms with van der Waals surface area (Å²) >= 11 is 0. The number of nitro benzene ring substituents is 1. The van der Waals surface area contributed by atoms with Crippen LogP contribution in [0.2, 0.25) is 0 Å². The molecule has 0 bridgehead atoms. The molecule has 1 heterocycles. The summed E-state index contributed by atoms with van der Waals surface area (Å²) in [5.74, 6) is 0.210. The lowest BCUT2D eigenvalue weighted by atomic mass is 10.0. The molecule has 0 aliphatic carbocycles. The fourth-order valence-electron chi connectivity index (χ4n) is 1.92. The summed E-state index contributed by atoms with van der Waals surface area (Å²) in [7, 11) is 0. The van der Waals surface area contributed by atoms with Gasteiger partial charge in [-0.2, -0.15) is 0 Å². The molecule has 0 saturated carbocycles. The van der Waals surface area contributed by atoms with Gasteiger partial charge in [-0.05, 0) is 25.0 Å². The van der Waals surface area contributed by atoms with Crippen molar-refractivity contribution in [3.8, 4) is 5.75 Å². The minimum Gasteiger partial charge on any atom is -0.493 e. The Balaban J connectivity index is 2.53. The van der Waals surface area contributed by atoms with Gasteiger partial charge in [-0.1, -0.05) is 0 Å². The van der Waals surface area contributed by atoms with E-state index in [9.17, 15) is 14.9 Å². The first-order valence-electron chi connectivity index (χ1n) is 5.30. The molecule has 0 unspecified atom stereocenters. The minimum atomic E-state index is -0.473. The van der Waals surface area contributed by atoms with Crippen LogP contribution in [0.25, 0.3) is 0 Å². The Hall–Kier alpha value is -2.11. The normalized spacial score (nSPS) is 13.5. The summed E-state index contributed by atoms with van der Waals surface area (Å²) in [5, 5.41) is 13.5. The van der Waals surface area contributed by atoms with E-state index in [4.69, 9.17) is 4.74 Å². The third kappa shape index (κ3) is 2.20. The largest absolute Gasteiger partial charge is 0.493 e. The highest BCUT2D eigenvalue weighted by Gasteiger charge is 2.26. The summed E-state index contributed by atoms with van der Waals surface area (Å²) in [6.07, 6.45) is 1.34. The Labute approximate surface area is 97.7 Å². The Morgan fingerprint density at radius 2 is 2.29 bits per heavy atom. The summed E-state index contributed by atoms with van der Waals surface area (Å²) in [5.41, 5.74) is 0.733. The lowest BCUT2D eigenvalue weighted by molar-refractivity contribution is -0.384. The maximum Gasteiger partial charge on any atom is 0.299 e. The fourth-order valence-corrected chi connectivity index (χ4v) is 1.92. The first kappa shape index (κ1) is 11.4. The van der Waals surface area contributed by atoms with Gasteiger partial charge in [-0.3, -0.25) is 14.9 Å². The molecule has 90 valence electrons. The average molecular weight is 236 g/mol. The number of carbonyl (C=O) groups is 1. The fraction of sp³-hybridized carbons (Fsp3) is 0.364. The van der Waals surface area contributed by atoms with E-state index in [1.165, 1.54) is 13.0 Å². The smallest absolute Gasteiger partial charge is 0.299 e. The number of nitro groups is 1. The molecule has 0 saturated heterocycles. The molecule has 1 aliphatic heterocycles. The first-order chi connectivity index (χ1) is 8.09. The molecular formula is C11H12N2O4. The van der Waals surface area contributed by atoms with Gasteiger partial charge in [0.2, 0.25) is 5.91 Å². The van der Waals surface area contributed by atoms with Crippen LogP contribution >= 0.6 is 0 Å². The van der Waals surface area contributed by atoms with Crippen LogP contribution in [0.15, 0.2) is 12.1 Å². The molecule has 1 aromatic carbocycles. The minimum absolute atomic E-state index is 0.0580. The van der Waals surface area contributed by atoms with Crippen molar-refractivity contribution in [3.05, 3.63) is 27.8 Å². The molecular weight excluding hydrogens is 224 g/mol. The predicted molar refractivity (Wildman–Crippen MR) is 61.2 cm³/mol. The second kappa shape index (κ2) is 4.40. The summed E-state index contributed by atoms with van der Waals surface area (Å²) < 4.78 is 5.36. The Bertz CT molecular complexity index is 485. The second-order valence-electron chi connectivity index (χ2n) is 3.83. The molecule has 1 amide bonds. The maximum absolute atomic E-state index is 11.1. The van der Waals surface area contributed by atoms with E-state index in [1.54, 1.807) is 6.07 Å². The van der Waals surface area contributed by atoms with Crippen LogP contribution in [0.5, 0.6) is 5.75 Å². The van der Waals surface area contributed by atoms with Crippen molar-refractivity contribution in [3.63, 3.8) is 0 Å². The number of nitrogens with one attached hydrogen (secondary N) is 1. The van der Waals surface area contributed by atoms with Gasteiger partial charge in [-0.15, -0.1) is 0 Å². The number of benzene rings is 1. The van der Waals surface area contributed by atoms with Crippen LogP contribution in [-0.2, 0) is 11.2 Å². The highest BCUT2D eigenvalue weighted by molar-refractivity contribution is 5.92. The van der Waals surface area contributed by atoms with E-state index in [0.29, 0.717) is 24.3 Å². The van der Waals surface area contributed by atoms with Gasteiger partial charge in [0.05, 0.1) is 17.1 Å². The number of carbonyl (C=O) groups excluding carboxylic acids is 1. The molecule has 1 aliphatic rings. The second-order valence-corrected chi connectivity index (χ2v) is 3.83. The van der Waals surface area contributed by atoms with Crippen LogP contribution in [-0.4, -0.2) is 17.4 Å². The van der Waals surface area contributed by atoms with E-state index in [2.05, 4.69) is 5.32 Å². The van der Waals surface area contributed by atoms with Crippen molar-refractivity contribution in [2.24, 2.45) is 0 Å². The standard InChI is InChI=1S/C11H12N2O4/c1-7(14)12-9-4-5-10-8(3-2-6-17-10)11(9)13(15)16/h4-5H,2-3,6H2,1H3,(H,12,14). The van der Waals surface area contributed by atoms with Crippen molar-refractivity contribution in [1.29, 1.82) is 0 Å². The third-order valence-corrected chi connectivity index (χ3v) is 2.56. The maximum atomic E-state index is 11.1. The zero-order valence-corrected chi connectivity index (χ0v) is 9.36. The molecule has 0 fully saturated rings. The lowest BCUT2D eigenvalue weighted by Gasteiger charge is -2.18. The quantitative estimate of drug-likeness (QED) is 0.627. The van der Waals surface area contributed by atoms with Gasteiger partial charge in [0.15, 0.2) is 0 Å². The van der Waals surface area contributed by atoms with Crippen molar-refractivity contribution >= 4 is 17.3 Å². The molecule has 2 rings (SSSR count). The number of ether oxygens (including phenoxy) is 1. The number of rotatable bonds is 2. The summed E-state index contributed by atoms with van der Waals surface area (Å²) in [6.45, 7) is 1.89. The van der Waals surface area contributed by atoms with Gasteiger partial charge >= 0.3 is 0 Å².